The smallest absolute Gasteiger partial charge is 0.417 e. The average molecular weight is 875 g/mol. The molecule has 62 heavy (non-hydrogen) atoms. The van der Waals surface area contributed by atoms with Crippen LogP contribution in [0.25, 0.3) is 31.9 Å². The molecule has 19 heteroatoms. The van der Waals surface area contributed by atoms with Crippen molar-refractivity contribution in [3.63, 3.8) is 0 Å². The number of hydrogen-bond donors (Lipinski definition) is 2. The molecule has 15 nitrogen and oxygen atoms in total. The van der Waals surface area contributed by atoms with E-state index in [0.717, 1.165) is 22.3 Å². The van der Waals surface area contributed by atoms with Crippen LogP contribution in [0.1, 0.15) is 55.1 Å². The van der Waals surface area contributed by atoms with E-state index in [2.05, 4.69) is 15.3 Å². The number of nitrogens with zero attached hydrogens (tertiary/aromatic N) is 5. The van der Waals surface area contributed by atoms with Crippen LogP contribution in [0.4, 0.5) is 34.3 Å². The van der Waals surface area contributed by atoms with Gasteiger partial charge in [0, 0.05) is 48.6 Å². The molecule has 324 valence electrons. The molecule has 1 atom stereocenters. The summed E-state index contributed by atoms with van der Waals surface area (Å²) in [7, 11) is 1.48. The predicted molar refractivity (Wildman–Crippen MR) is 222 cm³/mol. The average Bonchev–Trinajstić information content (AvgIpc) is 3.79. The van der Waals surface area contributed by atoms with Crippen LogP contribution in [0, 0.1) is 0 Å². The molecule has 0 spiro atoms. The number of rotatable bonds is 12. The number of pyridine rings is 1. The van der Waals surface area contributed by atoms with Crippen molar-refractivity contribution in [1.82, 2.24) is 20.2 Å². The maximum absolute atomic E-state index is 14.6. The van der Waals surface area contributed by atoms with Gasteiger partial charge in [0.2, 0.25) is 11.8 Å². The van der Waals surface area contributed by atoms with E-state index in [9.17, 15) is 42.3 Å². The molecule has 2 aliphatic rings. The second kappa shape index (κ2) is 17.4. The van der Waals surface area contributed by atoms with Gasteiger partial charge in [-0.3, -0.25) is 29.5 Å². The number of thiazole rings is 1. The van der Waals surface area contributed by atoms with Crippen molar-refractivity contribution in [2.75, 3.05) is 43.2 Å². The van der Waals surface area contributed by atoms with Gasteiger partial charge in [0.25, 0.3) is 5.91 Å². The number of piperidine rings is 1. The summed E-state index contributed by atoms with van der Waals surface area (Å²) in [5.41, 5.74) is 0.639. The Morgan fingerprint density at radius 2 is 1.71 bits per heavy atom. The Morgan fingerprint density at radius 1 is 0.952 bits per heavy atom. The Bertz CT molecular complexity index is 2560. The van der Waals surface area contributed by atoms with Crippen LogP contribution in [0.2, 0.25) is 0 Å². The molecule has 5 amide bonds. The SMILES string of the molecule is CN(C(=O)OC(C)(C)C)c1ccc(-c2ccc(-c3nc4ccc(N(CCOCCOc5ccc6c(c5)CN(C5CCC(=O)NC5=O)C6=O)C(=O)O)cc4s3)c(C(F)(F)F)c2)cn1. The molecule has 0 bridgehead atoms. The van der Waals surface area contributed by atoms with Gasteiger partial charge in [0.1, 0.15) is 34.8 Å². The monoisotopic (exact) mass is 874 g/mol. The zero-order valence-corrected chi connectivity index (χ0v) is 34.8. The molecule has 1 unspecified atom stereocenters. The highest BCUT2D eigenvalue weighted by atomic mass is 32.1. The lowest BCUT2D eigenvalue weighted by Gasteiger charge is -2.29. The van der Waals surface area contributed by atoms with Gasteiger partial charge in [0.05, 0.1) is 35.5 Å². The van der Waals surface area contributed by atoms with Crippen LogP contribution in [-0.4, -0.2) is 94.9 Å². The number of amides is 5. The van der Waals surface area contributed by atoms with Gasteiger partial charge in [0.15, 0.2) is 0 Å². The van der Waals surface area contributed by atoms with Gasteiger partial charge >= 0.3 is 18.4 Å². The van der Waals surface area contributed by atoms with Crippen molar-refractivity contribution in [3.05, 3.63) is 89.6 Å². The third-order valence-electron chi connectivity index (χ3n) is 10.0. The first-order valence-corrected chi connectivity index (χ1v) is 20.2. The number of carbonyl (C=O) groups excluding carboxylic acids is 4. The fraction of sp³-hybridized carbons (Fsp3) is 0.326. The number of anilines is 2. The second-order valence-electron chi connectivity index (χ2n) is 15.5. The van der Waals surface area contributed by atoms with Crippen molar-refractivity contribution >= 4 is 63.0 Å². The maximum Gasteiger partial charge on any atom is 0.417 e. The standard InChI is InChI=1S/C43H41F3N6O9S/c1-42(2,3)61-41(58)50(4)35-13-6-25(22-47-35)24-5-9-30(31(20-24)43(44,45)46)38-48-32-11-7-27(21-34(32)62-38)51(40(56)57)15-16-59-17-18-60-28-8-10-29-26(19-28)23-52(39(29)55)33-12-14-36(53)49-37(33)54/h5-11,13,19-22,33H,12,14-18,23H2,1-4H3,(H,56,57)(H,49,53,54). The number of carbonyl (C=O) groups is 5. The Morgan fingerprint density at radius 3 is 2.40 bits per heavy atom. The molecule has 0 aliphatic carbocycles. The Hall–Kier alpha value is -6.60. The predicted octanol–water partition coefficient (Wildman–Crippen LogP) is 7.76. The Labute approximate surface area is 357 Å². The van der Waals surface area contributed by atoms with Crippen LogP contribution in [0.15, 0.2) is 72.9 Å². The number of hydrogen-bond acceptors (Lipinski definition) is 11. The van der Waals surface area contributed by atoms with Gasteiger partial charge < -0.3 is 24.2 Å². The number of carboxylic acid groups (broad SMARTS) is 1. The highest BCUT2D eigenvalue weighted by Crippen LogP contribution is 2.42. The summed E-state index contributed by atoms with van der Waals surface area (Å²) < 4.78 is 60.9. The molecular formula is C43H41F3N6O9S. The van der Waals surface area contributed by atoms with Gasteiger partial charge in [-0.15, -0.1) is 11.3 Å². The first kappa shape index (κ1) is 43.5. The minimum absolute atomic E-state index is 0.00121. The molecule has 3 aromatic carbocycles. The van der Waals surface area contributed by atoms with Crippen molar-refractivity contribution in [2.24, 2.45) is 0 Å². The topological polar surface area (TPSA) is 181 Å². The highest BCUT2D eigenvalue weighted by Gasteiger charge is 2.39. The highest BCUT2D eigenvalue weighted by molar-refractivity contribution is 7.21. The molecular weight excluding hydrogens is 834 g/mol. The summed E-state index contributed by atoms with van der Waals surface area (Å²) in [6.45, 7) is 5.54. The summed E-state index contributed by atoms with van der Waals surface area (Å²) in [5, 5.41) is 12.4. The van der Waals surface area contributed by atoms with Gasteiger partial charge in [-0.1, -0.05) is 12.1 Å². The minimum Gasteiger partial charge on any atom is -0.491 e. The number of halogens is 3. The molecule has 2 aliphatic heterocycles. The summed E-state index contributed by atoms with van der Waals surface area (Å²) in [6, 6.07) is 15.8. The summed E-state index contributed by atoms with van der Waals surface area (Å²) >= 11 is 0.993. The van der Waals surface area contributed by atoms with Crippen molar-refractivity contribution in [3.8, 4) is 27.4 Å². The third kappa shape index (κ3) is 9.63. The molecule has 0 saturated carbocycles. The lowest BCUT2D eigenvalue weighted by molar-refractivity contribution is -0.138. The molecule has 5 aromatic rings. The Balaban J connectivity index is 0.963. The van der Waals surface area contributed by atoms with E-state index in [-0.39, 0.29) is 85.2 Å². The number of fused-ring (bicyclic) bond motifs is 2. The van der Waals surface area contributed by atoms with Gasteiger partial charge in [-0.05, 0) is 92.9 Å². The normalized spacial score (nSPS) is 15.4. The van der Waals surface area contributed by atoms with Crippen molar-refractivity contribution in [1.29, 1.82) is 0 Å². The number of aromatic nitrogens is 2. The van der Waals surface area contributed by atoms with Crippen LogP contribution < -0.4 is 19.9 Å². The number of benzene rings is 3. The van der Waals surface area contributed by atoms with E-state index < -0.39 is 41.5 Å². The zero-order valence-electron chi connectivity index (χ0n) is 33.9. The van der Waals surface area contributed by atoms with Gasteiger partial charge in [-0.2, -0.15) is 13.2 Å². The largest absolute Gasteiger partial charge is 0.491 e. The first-order chi connectivity index (χ1) is 29.4. The van der Waals surface area contributed by atoms with E-state index in [4.69, 9.17) is 14.2 Å². The van der Waals surface area contributed by atoms with E-state index in [1.165, 1.54) is 47.3 Å². The van der Waals surface area contributed by atoms with Crippen molar-refractivity contribution in [2.45, 2.75) is 58.0 Å². The lowest BCUT2D eigenvalue weighted by atomic mass is 10.00. The molecule has 2 N–H and O–H groups in total. The zero-order chi connectivity index (χ0) is 44.5. The van der Waals surface area contributed by atoms with E-state index in [1.54, 1.807) is 57.2 Å². The fourth-order valence-electron chi connectivity index (χ4n) is 6.97. The number of alkyl halides is 3. The maximum atomic E-state index is 14.6. The van der Waals surface area contributed by atoms with Gasteiger partial charge in [-0.25, -0.2) is 19.6 Å². The van der Waals surface area contributed by atoms with Crippen molar-refractivity contribution < 1.29 is 56.5 Å². The molecule has 2 aromatic heterocycles. The van der Waals surface area contributed by atoms with Crippen LogP contribution >= 0.6 is 11.3 Å². The summed E-state index contributed by atoms with van der Waals surface area (Å²) in [5.74, 6) is -0.435. The second-order valence-corrected chi connectivity index (χ2v) is 16.5. The third-order valence-corrected chi connectivity index (χ3v) is 11.1. The molecule has 1 saturated heterocycles. The van der Waals surface area contributed by atoms with Crippen LogP contribution in [0.3, 0.4) is 0 Å². The quantitative estimate of drug-likeness (QED) is 0.0924. The van der Waals surface area contributed by atoms with E-state index >= 15 is 0 Å². The lowest BCUT2D eigenvalue weighted by Crippen LogP contribution is -2.52. The minimum atomic E-state index is -4.74. The van der Waals surface area contributed by atoms with Crippen LogP contribution in [-0.2, 0) is 31.8 Å². The number of ether oxygens (including phenoxy) is 3. The first-order valence-electron chi connectivity index (χ1n) is 19.4. The number of nitrogens with one attached hydrogen (secondary N) is 1. The summed E-state index contributed by atoms with van der Waals surface area (Å²) in [6.07, 6.45) is -4.86. The fourth-order valence-corrected chi connectivity index (χ4v) is 8.01. The molecule has 1 fully saturated rings. The Kier molecular flexibility index (Phi) is 12.2. The number of imide groups is 1. The van der Waals surface area contributed by atoms with E-state index in [1.807, 2.05) is 0 Å². The molecule has 0 radical (unpaired) electrons. The summed E-state index contributed by atoms with van der Waals surface area (Å²) in [4.78, 5) is 74.0. The van der Waals surface area contributed by atoms with E-state index in [0.29, 0.717) is 32.7 Å². The molecule has 4 heterocycles. The van der Waals surface area contributed by atoms with Crippen LogP contribution in [0.5, 0.6) is 5.75 Å². The molecule has 7 rings (SSSR count).